The number of methoxy groups -OCH3 is 3. The van der Waals surface area contributed by atoms with Gasteiger partial charge in [-0.15, -0.1) is 0 Å². The highest BCUT2D eigenvalue weighted by Gasteiger charge is 2.70. The van der Waals surface area contributed by atoms with Crippen molar-refractivity contribution in [1.82, 2.24) is 0 Å². The molecule has 4 fully saturated rings. The highest BCUT2D eigenvalue weighted by Crippen LogP contribution is 2.76. The number of ether oxygens (including phenoxy) is 3. The number of hydrogen-bond donors (Lipinski definition) is 2. The second-order valence-electron chi connectivity index (χ2n) is 18.3. The second kappa shape index (κ2) is 11.7. The Bertz CT molecular complexity index is 1520. The van der Waals surface area contributed by atoms with Crippen LogP contribution in [0.15, 0.2) is 23.8 Å². The number of aliphatic hydroxyl groups is 1. The molecule has 2 N–H and O–H groups in total. The van der Waals surface area contributed by atoms with Gasteiger partial charge in [0.25, 0.3) is 0 Å². The van der Waals surface area contributed by atoms with Gasteiger partial charge in [-0.2, -0.15) is 0 Å². The van der Waals surface area contributed by atoms with E-state index in [1.165, 1.54) is 5.57 Å². The SMILES string of the molecule is COc1cc(C#CC[C@@H]2C[C@]3(C)[C@H]4CC=C5[C@@H]6CC(C)(C)CC[C@]6(C(=O)O)CC[C@@]5(C)[C@]4(C)CC[C@H]3C(C)(C)[C@H]2O)cc(OC)c1OC. The van der Waals surface area contributed by atoms with E-state index in [0.717, 1.165) is 63.4 Å². The minimum absolute atomic E-state index is 0.0249. The van der Waals surface area contributed by atoms with Crippen molar-refractivity contribution in [3.8, 4) is 29.1 Å². The zero-order valence-electron chi connectivity index (χ0n) is 31.2. The van der Waals surface area contributed by atoms with Gasteiger partial charge < -0.3 is 24.4 Å². The predicted molar refractivity (Wildman–Crippen MR) is 189 cm³/mol. The molecule has 48 heavy (non-hydrogen) atoms. The molecule has 264 valence electrons. The van der Waals surface area contributed by atoms with Crippen molar-refractivity contribution in [3.05, 3.63) is 29.3 Å². The highest BCUT2D eigenvalue weighted by atomic mass is 16.5. The summed E-state index contributed by atoms with van der Waals surface area (Å²) in [5.74, 6) is 8.97. The van der Waals surface area contributed by atoms with Gasteiger partial charge in [0, 0.05) is 12.0 Å². The number of fused-ring (bicyclic) bond motifs is 7. The fourth-order valence-electron chi connectivity index (χ4n) is 12.6. The van der Waals surface area contributed by atoms with Crippen LogP contribution < -0.4 is 14.2 Å². The predicted octanol–water partition coefficient (Wildman–Crippen LogP) is 8.93. The molecule has 5 aliphatic rings. The number of carboxylic acid groups (broad SMARTS) is 1. The number of rotatable bonds is 5. The van der Waals surface area contributed by atoms with Crippen LogP contribution in [0.2, 0.25) is 0 Å². The Morgan fingerprint density at radius 3 is 2.12 bits per heavy atom. The van der Waals surface area contributed by atoms with Gasteiger partial charge in [-0.25, -0.2) is 0 Å². The van der Waals surface area contributed by atoms with Gasteiger partial charge in [0.1, 0.15) is 0 Å². The van der Waals surface area contributed by atoms with Crippen molar-refractivity contribution in [3.63, 3.8) is 0 Å². The van der Waals surface area contributed by atoms with Crippen LogP contribution in [0, 0.1) is 68.0 Å². The first-order valence-electron chi connectivity index (χ1n) is 18.3. The van der Waals surface area contributed by atoms with Crippen molar-refractivity contribution in [2.24, 2.45) is 56.2 Å². The summed E-state index contributed by atoms with van der Waals surface area (Å²) >= 11 is 0. The van der Waals surface area contributed by atoms with Gasteiger partial charge in [-0.3, -0.25) is 4.79 Å². The van der Waals surface area contributed by atoms with Crippen LogP contribution in [-0.4, -0.2) is 43.6 Å². The minimum atomic E-state index is -0.621. The van der Waals surface area contributed by atoms with Crippen LogP contribution in [0.3, 0.4) is 0 Å². The van der Waals surface area contributed by atoms with Crippen LogP contribution >= 0.6 is 0 Å². The molecule has 6 rings (SSSR count). The zero-order chi connectivity index (χ0) is 35.1. The van der Waals surface area contributed by atoms with E-state index in [9.17, 15) is 15.0 Å². The monoisotopic (exact) mass is 660 g/mol. The molecule has 1 aromatic carbocycles. The summed E-state index contributed by atoms with van der Waals surface area (Å²) in [6.45, 7) is 16.9. The molecule has 4 saturated carbocycles. The van der Waals surface area contributed by atoms with E-state index in [2.05, 4.69) is 66.4 Å². The maximum atomic E-state index is 13.0. The van der Waals surface area contributed by atoms with Crippen LogP contribution in [0.25, 0.3) is 0 Å². The van der Waals surface area contributed by atoms with E-state index < -0.39 is 17.5 Å². The first-order valence-corrected chi connectivity index (χ1v) is 18.3. The molecule has 6 heteroatoms. The molecule has 0 heterocycles. The molecule has 0 aliphatic heterocycles. The highest BCUT2D eigenvalue weighted by molar-refractivity contribution is 5.76. The van der Waals surface area contributed by atoms with Gasteiger partial charge >= 0.3 is 5.97 Å². The van der Waals surface area contributed by atoms with Gasteiger partial charge in [-0.05, 0) is 121 Å². The van der Waals surface area contributed by atoms with Crippen LogP contribution in [0.5, 0.6) is 17.2 Å². The van der Waals surface area contributed by atoms with Crippen molar-refractivity contribution < 1.29 is 29.2 Å². The third kappa shape index (κ3) is 4.95. The third-order valence-corrected chi connectivity index (χ3v) is 15.4. The largest absolute Gasteiger partial charge is 0.493 e. The maximum absolute atomic E-state index is 13.0. The molecule has 6 nitrogen and oxygen atoms in total. The average molecular weight is 661 g/mol. The molecule has 0 unspecified atom stereocenters. The van der Waals surface area contributed by atoms with Crippen molar-refractivity contribution >= 4 is 5.97 Å². The Morgan fingerprint density at radius 1 is 0.875 bits per heavy atom. The van der Waals surface area contributed by atoms with Crippen LogP contribution in [-0.2, 0) is 4.79 Å². The van der Waals surface area contributed by atoms with Crippen LogP contribution in [0.1, 0.15) is 118 Å². The quantitative estimate of drug-likeness (QED) is 0.242. The lowest BCUT2D eigenvalue weighted by atomic mass is 9.33. The lowest BCUT2D eigenvalue weighted by Gasteiger charge is -2.71. The number of carbonyl (C=O) groups is 1. The van der Waals surface area contributed by atoms with E-state index in [4.69, 9.17) is 14.2 Å². The normalized spacial score (nSPS) is 40.7. The molecule has 0 radical (unpaired) electrons. The van der Waals surface area contributed by atoms with Gasteiger partial charge in [0.15, 0.2) is 11.5 Å². The molecule has 1 aromatic rings. The summed E-state index contributed by atoms with van der Waals surface area (Å²) < 4.78 is 16.6. The number of aliphatic carboxylic acids is 1. The Kier molecular flexibility index (Phi) is 8.59. The molecule has 0 saturated heterocycles. The molecule has 0 aromatic heterocycles. The van der Waals surface area contributed by atoms with Crippen LogP contribution in [0.4, 0.5) is 0 Å². The van der Waals surface area contributed by atoms with Gasteiger partial charge in [0.2, 0.25) is 5.75 Å². The number of aliphatic hydroxyl groups excluding tert-OH is 1. The lowest BCUT2D eigenvalue weighted by Crippen LogP contribution is -2.66. The topological polar surface area (TPSA) is 85.2 Å². The van der Waals surface area contributed by atoms with E-state index in [0.29, 0.717) is 35.5 Å². The standard InChI is InChI=1S/C42H60O6/c1-37(2)18-20-42(36(44)45)21-19-40(6)28(29(42)25-37)14-15-33-39(5)24-27(35(43)38(3,4)32(39)16-17-41(33,40)7)13-11-12-26-22-30(46-8)34(48-10)31(23-26)47-9/h14,22-23,27,29,32-33,35,43H,13,15-21,24-25H2,1-10H3,(H,44,45)/t27-,29+,32+,33-,35+,39+,40-,41-,42+/m1/s1. The maximum Gasteiger partial charge on any atom is 0.310 e. The number of hydrogen-bond acceptors (Lipinski definition) is 5. The molecule has 9 atom stereocenters. The van der Waals surface area contributed by atoms with Crippen molar-refractivity contribution in [2.45, 2.75) is 119 Å². The summed E-state index contributed by atoms with van der Waals surface area (Å²) in [4.78, 5) is 13.0. The first-order chi connectivity index (χ1) is 22.4. The van der Waals surface area contributed by atoms with E-state index in [-0.39, 0.29) is 38.9 Å². The Hall–Kier alpha value is -2.65. The average Bonchev–Trinajstić information content (AvgIpc) is 3.02. The smallest absolute Gasteiger partial charge is 0.310 e. The summed E-state index contributed by atoms with van der Waals surface area (Å²) in [6, 6.07) is 3.76. The summed E-state index contributed by atoms with van der Waals surface area (Å²) in [5.41, 5.74) is 1.63. The molecular weight excluding hydrogens is 600 g/mol. The summed E-state index contributed by atoms with van der Waals surface area (Å²) in [5, 5.41) is 22.7. The van der Waals surface area contributed by atoms with Gasteiger partial charge in [-0.1, -0.05) is 72.0 Å². The van der Waals surface area contributed by atoms with Gasteiger partial charge in [0.05, 0.1) is 32.8 Å². The Balaban J connectivity index is 1.34. The van der Waals surface area contributed by atoms with E-state index in [1.807, 2.05) is 12.1 Å². The number of benzene rings is 1. The lowest BCUT2D eigenvalue weighted by molar-refractivity contribution is -0.219. The van der Waals surface area contributed by atoms with E-state index >= 15 is 0 Å². The molecule has 0 bridgehead atoms. The zero-order valence-corrected chi connectivity index (χ0v) is 31.2. The first kappa shape index (κ1) is 35.2. The number of allylic oxidation sites excluding steroid dienone is 2. The molecule has 0 amide bonds. The summed E-state index contributed by atoms with van der Waals surface area (Å²) in [7, 11) is 4.82. The van der Waals surface area contributed by atoms with E-state index in [1.54, 1.807) is 21.3 Å². The Morgan fingerprint density at radius 2 is 1.52 bits per heavy atom. The molecule has 0 spiro atoms. The van der Waals surface area contributed by atoms with Crippen molar-refractivity contribution in [1.29, 1.82) is 0 Å². The number of carboxylic acids is 1. The fourth-order valence-corrected chi connectivity index (χ4v) is 12.6. The van der Waals surface area contributed by atoms with Crippen molar-refractivity contribution in [2.75, 3.05) is 21.3 Å². The summed E-state index contributed by atoms with van der Waals surface area (Å²) in [6.07, 6.45) is 11.4. The minimum Gasteiger partial charge on any atom is -0.493 e. The second-order valence-corrected chi connectivity index (χ2v) is 18.3. The third-order valence-electron chi connectivity index (χ3n) is 15.4. The molecule has 5 aliphatic carbocycles. The molecular formula is C42H60O6. The fraction of sp³-hybridized carbons (Fsp3) is 0.738. The Labute approximate surface area is 289 Å².